The van der Waals surface area contributed by atoms with E-state index < -0.39 is 11.0 Å². The third-order valence-electron chi connectivity index (χ3n) is 1.75. The van der Waals surface area contributed by atoms with E-state index in [1.165, 1.54) is 0 Å². The summed E-state index contributed by atoms with van der Waals surface area (Å²) in [4.78, 5) is 0. The van der Waals surface area contributed by atoms with Crippen molar-refractivity contribution in [1.82, 2.24) is 0 Å². The molecule has 0 N–H and O–H groups in total. The second kappa shape index (κ2) is 6.35. The topological polar surface area (TPSA) is 29.4 Å². The molecule has 0 aliphatic carbocycles. The van der Waals surface area contributed by atoms with E-state index in [9.17, 15) is 4.21 Å². The molecule has 0 aromatic rings. The summed E-state index contributed by atoms with van der Waals surface area (Å²) in [5.41, 5.74) is 0.990. The minimum Gasteiger partial charge on any atom is -0.235 e. The Morgan fingerprint density at radius 3 is 2.50 bits per heavy atom. The van der Waals surface area contributed by atoms with Crippen molar-refractivity contribution in [2.24, 2.45) is 10.3 Å². The predicted molar refractivity (Wildman–Crippen MR) is 55.9 cm³/mol. The minimum atomic E-state index is -0.983. The molecule has 0 rings (SSSR count). The highest BCUT2D eigenvalue weighted by atomic mass is 32.2. The van der Waals surface area contributed by atoms with Gasteiger partial charge in [0.25, 0.3) is 0 Å². The van der Waals surface area contributed by atoms with E-state index in [2.05, 4.69) is 25.2 Å². The molecule has 0 aliphatic heterocycles. The zero-order valence-electron chi connectivity index (χ0n) is 8.46. The second-order valence-corrected chi connectivity index (χ2v) is 4.50. The summed E-state index contributed by atoms with van der Waals surface area (Å²) in [6, 6.07) is 0. The molecule has 0 saturated heterocycles. The van der Waals surface area contributed by atoms with Crippen LogP contribution in [-0.2, 0) is 11.0 Å². The molecule has 72 valence electrons. The highest BCUT2D eigenvalue weighted by Crippen LogP contribution is 2.00. The van der Waals surface area contributed by atoms with Crippen LogP contribution in [0.15, 0.2) is 4.40 Å². The van der Waals surface area contributed by atoms with Crippen LogP contribution in [0.3, 0.4) is 0 Å². The first kappa shape index (κ1) is 11.8. The van der Waals surface area contributed by atoms with Crippen LogP contribution in [0.1, 0.15) is 40.5 Å². The maximum absolute atomic E-state index is 11.2. The fourth-order valence-electron chi connectivity index (χ4n) is 0.579. The van der Waals surface area contributed by atoms with Gasteiger partial charge in [0.1, 0.15) is 11.0 Å². The van der Waals surface area contributed by atoms with Gasteiger partial charge in [0.15, 0.2) is 0 Å². The average molecular weight is 189 g/mol. The Morgan fingerprint density at radius 2 is 2.08 bits per heavy atom. The van der Waals surface area contributed by atoms with Gasteiger partial charge in [-0.05, 0) is 19.3 Å². The van der Waals surface area contributed by atoms with Crippen molar-refractivity contribution >= 4 is 16.7 Å². The first-order valence-electron chi connectivity index (χ1n) is 4.51. The Kier molecular flexibility index (Phi) is 6.25. The number of rotatable bonds is 5. The molecule has 0 fully saturated rings. The largest absolute Gasteiger partial charge is 0.235 e. The number of hydrogen-bond donors (Lipinski definition) is 0. The Hall–Kier alpha value is -0.180. The van der Waals surface area contributed by atoms with Crippen LogP contribution < -0.4 is 0 Å². The monoisotopic (exact) mass is 189 g/mol. The van der Waals surface area contributed by atoms with E-state index in [1.54, 1.807) is 0 Å². The van der Waals surface area contributed by atoms with Crippen molar-refractivity contribution in [1.29, 1.82) is 0 Å². The zero-order valence-corrected chi connectivity index (χ0v) is 9.28. The van der Waals surface area contributed by atoms with E-state index in [1.807, 2.05) is 6.92 Å². The Morgan fingerprint density at radius 1 is 1.50 bits per heavy atom. The molecular formula is C9H19NOS. The summed E-state index contributed by atoms with van der Waals surface area (Å²) in [6.07, 6.45) is 2.09. The Bertz CT molecular complexity index is 175. The van der Waals surface area contributed by atoms with Gasteiger partial charge in [-0.1, -0.05) is 27.2 Å². The third kappa shape index (κ3) is 5.47. The van der Waals surface area contributed by atoms with Gasteiger partial charge >= 0.3 is 0 Å². The fraction of sp³-hybridized carbons (Fsp3) is 0.889. The molecule has 0 saturated carbocycles. The van der Waals surface area contributed by atoms with Gasteiger partial charge in [-0.25, -0.2) is 4.21 Å². The zero-order chi connectivity index (χ0) is 9.56. The van der Waals surface area contributed by atoms with Gasteiger partial charge in [-0.3, -0.25) is 0 Å². The van der Waals surface area contributed by atoms with Crippen LogP contribution in [0.2, 0.25) is 0 Å². The van der Waals surface area contributed by atoms with Crippen LogP contribution >= 0.6 is 0 Å². The highest BCUT2D eigenvalue weighted by Gasteiger charge is 2.00. The van der Waals surface area contributed by atoms with Crippen molar-refractivity contribution in [3.05, 3.63) is 0 Å². The van der Waals surface area contributed by atoms with Crippen LogP contribution in [0.5, 0.6) is 0 Å². The lowest BCUT2D eigenvalue weighted by molar-refractivity contribution is 0.680. The molecular weight excluding hydrogens is 170 g/mol. The van der Waals surface area contributed by atoms with E-state index in [-0.39, 0.29) is 0 Å². The number of hydrogen-bond acceptors (Lipinski definition) is 1. The quantitative estimate of drug-likeness (QED) is 0.611. The normalized spacial score (nSPS) is 15.2. The first-order valence-corrected chi connectivity index (χ1v) is 5.79. The van der Waals surface area contributed by atoms with Crippen molar-refractivity contribution in [3.8, 4) is 0 Å². The van der Waals surface area contributed by atoms with Crippen molar-refractivity contribution in [2.75, 3.05) is 5.75 Å². The molecule has 0 amide bonds. The molecule has 1 unspecified atom stereocenters. The molecule has 1 atom stereocenters. The summed E-state index contributed by atoms with van der Waals surface area (Å²) in [6.45, 7) is 8.16. The molecule has 0 radical (unpaired) electrons. The molecule has 0 aromatic carbocycles. The maximum Gasteiger partial charge on any atom is 0.139 e. The smallest absolute Gasteiger partial charge is 0.139 e. The third-order valence-corrected chi connectivity index (χ3v) is 2.88. The van der Waals surface area contributed by atoms with Crippen LogP contribution in [0, 0.1) is 5.92 Å². The van der Waals surface area contributed by atoms with Crippen molar-refractivity contribution in [3.63, 3.8) is 0 Å². The summed E-state index contributed by atoms with van der Waals surface area (Å²) in [7, 11) is -0.983. The summed E-state index contributed by atoms with van der Waals surface area (Å²) < 4.78 is 15.3. The van der Waals surface area contributed by atoms with E-state index in [0.717, 1.165) is 18.6 Å². The number of unbranched alkanes of at least 4 members (excludes halogenated alkanes) is 1. The Balaban J connectivity index is 3.88. The second-order valence-electron chi connectivity index (χ2n) is 3.27. The summed E-state index contributed by atoms with van der Waals surface area (Å²) >= 11 is 0. The molecule has 2 nitrogen and oxygen atoms in total. The first-order chi connectivity index (χ1) is 5.57. The maximum atomic E-state index is 11.2. The van der Waals surface area contributed by atoms with Crippen LogP contribution in [-0.4, -0.2) is 15.7 Å². The minimum absolute atomic E-state index is 0.413. The molecule has 0 heterocycles. The van der Waals surface area contributed by atoms with Gasteiger partial charge in [-0.2, -0.15) is 4.40 Å². The van der Waals surface area contributed by atoms with Crippen LogP contribution in [0.25, 0.3) is 0 Å². The molecule has 3 heteroatoms. The van der Waals surface area contributed by atoms with Gasteiger partial charge in [0.2, 0.25) is 0 Å². The van der Waals surface area contributed by atoms with Crippen molar-refractivity contribution in [2.45, 2.75) is 40.5 Å². The van der Waals surface area contributed by atoms with Gasteiger partial charge in [-0.15, -0.1) is 0 Å². The number of nitrogens with zero attached hydrogens (tertiary/aromatic N) is 1. The lowest BCUT2D eigenvalue weighted by atomic mass is 10.1. The molecule has 0 spiro atoms. The van der Waals surface area contributed by atoms with Crippen molar-refractivity contribution < 1.29 is 4.21 Å². The summed E-state index contributed by atoms with van der Waals surface area (Å²) in [5, 5.41) is 0. The van der Waals surface area contributed by atoms with Gasteiger partial charge in [0, 0.05) is 11.5 Å². The molecule has 0 aliphatic rings. The Labute approximate surface area is 78.1 Å². The SMILES string of the molecule is CCCCS(=O)/N=C(\C)C(C)C. The summed E-state index contributed by atoms with van der Waals surface area (Å²) in [5.74, 6) is 1.12. The molecule has 0 bridgehead atoms. The van der Waals surface area contributed by atoms with E-state index in [0.29, 0.717) is 11.7 Å². The van der Waals surface area contributed by atoms with Crippen LogP contribution in [0.4, 0.5) is 0 Å². The standard InChI is InChI=1S/C9H19NOS/c1-5-6-7-12(11)10-9(4)8(2)3/h8H,5-7H2,1-4H3/b10-9+. The van der Waals surface area contributed by atoms with Gasteiger partial charge < -0.3 is 0 Å². The van der Waals surface area contributed by atoms with Gasteiger partial charge in [0.05, 0.1) is 0 Å². The molecule has 12 heavy (non-hydrogen) atoms. The predicted octanol–water partition coefficient (Wildman–Crippen LogP) is 2.57. The fourth-order valence-corrected chi connectivity index (χ4v) is 1.74. The van der Waals surface area contributed by atoms with E-state index in [4.69, 9.17) is 0 Å². The average Bonchev–Trinajstić information content (AvgIpc) is 2.00. The lowest BCUT2D eigenvalue weighted by Crippen LogP contribution is -2.05. The van der Waals surface area contributed by atoms with E-state index >= 15 is 0 Å². The molecule has 0 aromatic heterocycles. The highest BCUT2D eigenvalue weighted by molar-refractivity contribution is 7.83. The lowest BCUT2D eigenvalue weighted by Gasteiger charge is -2.02.